The van der Waals surface area contributed by atoms with Crippen molar-refractivity contribution in [2.75, 3.05) is 13.7 Å². The molecule has 0 saturated carbocycles. The Morgan fingerprint density at radius 1 is 1.50 bits per heavy atom. The van der Waals surface area contributed by atoms with Gasteiger partial charge in [-0.3, -0.25) is 10.2 Å². The van der Waals surface area contributed by atoms with Crippen molar-refractivity contribution >= 4 is 5.91 Å². The van der Waals surface area contributed by atoms with Gasteiger partial charge in [0.1, 0.15) is 0 Å². The van der Waals surface area contributed by atoms with Gasteiger partial charge in [-0.2, -0.15) is 0 Å². The first kappa shape index (κ1) is 10.5. The Morgan fingerprint density at radius 3 is 2.86 bits per heavy atom. The van der Waals surface area contributed by atoms with Crippen LogP contribution < -0.4 is 15.6 Å². The van der Waals surface area contributed by atoms with E-state index in [-0.39, 0.29) is 18.3 Å². The SMILES string of the molecule is CNNC(=O)COc1ccccc1F. The molecule has 0 aliphatic rings. The molecule has 5 heteroatoms. The summed E-state index contributed by atoms with van der Waals surface area (Å²) in [5.41, 5.74) is 4.74. The summed E-state index contributed by atoms with van der Waals surface area (Å²) in [6.45, 7) is -0.220. The average molecular weight is 198 g/mol. The Balaban J connectivity index is 2.46. The first-order valence-corrected chi connectivity index (χ1v) is 4.07. The largest absolute Gasteiger partial charge is 0.481 e. The summed E-state index contributed by atoms with van der Waals surface area (Å²) in [4.78, 5) is 10.9. The molecule has 0 spiro atoms. The number of nitrogens with one attached hydrogen (secondary N) is 2. The lowest BCUT2D eigenvalue weighted by atomic mass is 10.3. The molecule has 0 fully saturated rings. The third-order valence-corrected chi connectivity index (χ3v) is 1.46. The van der Waals surface area contributed by atoms with E-state index in [0.717, 1.165) is 0 Å². The van der Waals surface area contributed by atoms with Gasteiger partial charge in [-0.05, 0) is 12.1 Å². The van der Waals surface area contributed by atoms with Crippen LogP contribution in [0.15, 0.2) is 24.3 Å². The number of benzene rings is 1. The van der Waals surface area contributed by atoms with Crippen molar-refractivity contribution in [3.05, 3.63) is 30.1 Å². The summed E-state index contributed by atoms with van der Waals surface area (Å²) >= 11 is 0. The molecule has 0 bridgehead atoms. The molecule has 0 aliphatic carbocycles. The molecule has 0 heterocycles. The standard InChI is InChI=1S/C9H11FN2O2/c1-11-12-9(13)6-14-8-5-3-2-4-7(8)10/h2-5,11H,6H2,1H3,(H,12,13). The Bertz CT molecular complexity index is 317. The van der Waals surface area contributed by atoms with Crippen LogP contribution in [0.5, 0.6) is 5.75 Å². The van der Waals surface area contributed by atoms with Crippen LogP contribution in [0, 0.1) is 5.82 Å². The number of carbonyl (C=O) groups excluding carboxylic acids is 1. The minimum absolute atomic E-state index is 0.0683. The Morgan fingerprint density at radius 2 is 2.21 bits per heavy atom. The first-order valence-electron chi connectivity index (χ1n) is 4.07. The second kappa shape index (κ2) is 5.18. The van der Waals surface area contributed by atoms with Gasteiger partial charge >= 0.3 is 0 Å². The highest BCUT2D eigenvalue weighted by atomic mass is 19.1. The number of amides is 1. The molecule has 4 nitrogen and oxygen atoms in total. The first-order chi connectivity index (χ1) is 6.74. The van der Waals surface area contributed by atoms with E-state index in [4.69, 9.17) is 4.74 Å². The summed E-state index contributed by atoms with van der Waals surface area (Å²) in [7, 11) is 1.56. The average Bonchev–Trinajstić information content (AvgIpc) is 2.17. The van der Waals surface area contributed by atoms with E-state index >= 15 is 0 Å². The lowest BCUT2D eigenvalue weighted by Gasteiger charge is -2.06. The van der Waals surface area contributed by atoms with Crippen LogP contribution in [0.4, 0.5) is 4.39 Å². The zero-order chi connectivity index (χ0) is 10.4. The van der Waals surface area contributed by atoms with E-state index in [1.54, 1.807) is 19.2 Å². The quantitative estimate of drug-likeness (QED) is 0.691. The molecule has 1 aromatic carbocycles. The maximum atomic E-state index is 13.0. The molecule has 1 amide bonds. The lowest BCUT2D eigenvalue weighted by molar-refractivity contribution is -0.123. The van der Waals surface area contributed by atoms with Crippen molar-refractivity contribution in [1.29, 1.82) is 0 Å². The highest BCUT2D eigenvalue weighted by Gasteiger charge is 2.04. The number of ether oxygens (including phenoxy) is 1. The summed E-state index contributed by atoms with van der Waals surface area (Å²) < 4.78 is 17.9. The minimum atomic E-state index is -0.482. The van der Waals surface area contributed by atoms with Crippen molar-refractivity contribution in [3.8, 4) is 5.75 Å². The molecule has 0 atom stereocenters. The van der Waals surface area contributed by atoms with E-state index in [2.05, 4.69) is 10.9 Å². The van der Waals surface area contributed by atoms with Crippen LogP contribution in [0.2, 0.25) is 0 Å². The van der Waals surface area contributed by atoms with Gasteiger partial charge in [0.2, 0.25) is 0 Å². The molecule has 14 heavy (non-hydrogen) atoms. The molecular weight excluding hydrogens is 187 g/mol. The number of hydrogen-bond donors (Lipinski definition) is 2. The molecule has 0 radical (unpaired) electrons. The Kier molecular flexibility index (Phi) is 3.87. The molecule has 1 rings (SSSR count). The smallest absolute Gasteiger partial charge is 0.271 e. The summed E-state index contributed by atoms with van der Waals surface area (Å²) in [6.07, 6.45) is 0. The van der Waals surface area contributed by atoms with Gasteiger partial charge in [0, 0.05) is 7.05 Å². The lowest BCUT2D eigenvalue weighted by Crippen LogP contribution is -2.37. The molecule has 0 saturated heterocycles. The van der Waals surface area contributed by atoms with Gasteiger partial charge in [0.15, 0.2) is 18.2 Å². The summed E-state index contributed by atoms with van der Waals surface area (Å²) in [6, 6.07) is 5.91. The zero-order valence-corrected chi connectivity index (χ0v) is 7.71. The van der Waals surface area contributed by atoms with E-state index in [1.807, 2.05) is 0 Å². The van der Waals surface area contributed by atoms with Crippen molar-refractivity contribution in [3.63, 3.8) is 0 Å². The second-order valence-corrected chi connectivity index (χ2v) is 2.52. The highest BCUT2D eigenvalue weighted by molar-refractivity contribution is 5.76. The van der Waals surface area contributed by atoms with Crippen LogP contribution in [0.25, 0.3) is 0 Å². The number of halogens is 1. The van der Waals surface area contributed by atoms with E-state index in [1.165, 1.54) is 12.1 Å². The van der Waals surface area contributed by atoms with Crippen LogP contribution in [-0.4, -0.2) is 19.6 Å². The fourth-order valence-electron chi connectivity index (χ4n) is 0.881. The van der Waals surface area contributed by atoms with Gasteiger partial charge < -0.3 is 4.74 Å². The third-order valence-electron chi connectivity index (χ3n) is 1.46. The number of carbonyl (C=O) groups is 1. The van der Waals surface area contributed by atoms with Gasteiger partial charge in [0.05, 0.1) is 0 Å². The maximum absolute atomic E-state index is 13.0. The Labute approximate surface area is 81.0 Å². The normalized spacial score (nSPS) is 9.57. The van der Waals surface area contributed by atoms with E-state index < -0.39 is 5.82 Å². The predicted octanol–water partition coefficient (Wildman–Crippen LogP) is 0.455. The van der Waals surface area contributed by atoms with Gasteiger partial charge in [-0.1, -0.05) is 12.1 Å². The topological polar surface area (TPSA) is 50.4 Å². The van der Waals surface area contributed by atoms with Crippen LogP contribution in [-0.2, 0) is 4.79 Å². The minimum Gasteiger partial charge on any atom is -0.481 e. The molecule has 0 unspecified atom stereocenters. The predicted molar refractivity (Wildman–Crippen MR) is 49.1 cm³/mol. The van der Waals surface area contributed by atoms with E-state index in [0.29, 0.717) is 0 Å². The van der Waals surface area contributed by atoms with Crippen molar-refractivity contribution in [2.45, 2.75) is 0 Å². The molecule has 0 aliphatic heterocycles. The van der Waals surface area contributed by atoms with Crippen LogP contribution in [0.3, 0.4) is 0 Å². The van der Waals surface area contributed by atoms with E-state index in [9.17, 15) is 9.18 Å². The molecule has 0 aromatic heterocycles. The maximum Gasteiger partial charge on any atom is 0.271 e. The summed E-state index contributed by atoms with van der Waals surface area (Å²) in [5, 5.41) is 0. The monoisotopic (exact) mass is 198 g/mol. The third kappa shape index (κ3) is 3.02. The van der Waals surface area contributed by atoms with Crippen molar-refractivity contribution in [1.82, 2.24) is 10.9 Å². The van der Waals surface area contributed by atoms with Crippen molar-refractivity contribution < 1.29 is 13.9 Å². The number of rotatable bonds is 4. The number of hydrogen-bond acceptors (Lipinski definition) is 3. The fraction of sp³-hybridized carbons (Fsp3) is 0.222. The molecule has 1 aromatic rings. The highest BCUT2D eigenvalue weighted by Crippen LogP contribution is 2.14. The van der Waals surface area contributed by atoms with Crippen molar-refractivity contribution in [2.24, 2.45) is 0 Å². The van der Waals surface area contributed by atoms with Crippen LogP contribution in [0.1, 0.15) is 0 Å². The molecule has 2 N–H and O–H groups in total. The zero-order valence-electron chi connectivity index (χ0n) is 7.71. The molecular formula is C9H11FN2O2. The van der Waals surface area contributed by atoms with Gasteiger partial charge in [-0.25, -0.2) is 9.82 Å². The summed E-state index contributed by atoms with van der Waals surface area (Å²) in [5.74, 6) is -0.778. The van der Waals surface area contributed by atoms with Gasteiger partial charge in [-0.15, -0.1) is 0 Å². The molecule has 76 valence electrons. The second-order valence-electron chi connectivity index (χ2n) is 2.52. The van der Waals surface area contributed by atoms with Crippen LogP contribution >= 0.6 is 0 Å². The fourth-order valence-corrected chi connectivity index (χ4v) is 0.881. The Hall–Kier alpha value is -1.62. The number of para-hydroxylation sites is 1. The number of hydrazine groups is 1. The van der Waals surface area contributed by atoms with Gasteiger partial charge in [0.25, 0.3) is 5.91 Å².